The van der Waals surface area contributed by atoms with Crippen LogP contribution in [0.15, 0.2) is 12.2 Å². The molecule has 0 unspecified atom stereocenters. The number of nitrogens with zero attached hydrogens (tertiary/aromatic N) is 5. The Morgan fingerprint density at radius 1 is 0.342 bits per heavy atom. The molecule has 0 radical (unpaired) electrons. The number of piperazine rings is 1. The monoisotopic (exact) mass is 1030 g/mol. The first-order chi connectivity index (χ1) is 35.9. The Labute approximate surface area is 454 Å². The van der Waals surface area contributed by atoms with Crippen LogP contribution in [0.1, 0.15) is 291 Å². The molecule has 0 atom stereocenters. The number of unbranched alkanes of at least 4 members (excludes halogenated alkanes) is 33. The second-order valence-corrected chi connectivity index (χ2v) is 22.5. The molecule has 1 fully saturated rings. The van der Waals surface area contributed by atoms with Crippen LogP contribution in [-0.4, -0.2) is 134 Å². The Morgan fingerprint density at radius 2 is 0.630 bits per heavy atom. The zero-order valence-electron chi connectivity index (χ0n) is 49.7. The standard InChI is InChI=1S/C64H125N5O4/c1-6-11-16-21-26-27-28-29-30-35-40-44-50-66(52-46-59-73-64(72)47-41-36-31-22-17-12-7-2)60-62(70)68-55-57-69(58-56-68)63(71)61-67(51-45-39-34-25-20-15-10-5)54-53-65(48-42-37-32-23-18-13-8-3)49-43-38-33-24-19-14-9-4/h36,41H,6-35,37-40,42-61H2,1-5H3/b41-36-. The third-order valence-electron chi connectivity index (χ3n) is 15.6. The van der Waals surface area contributed by atoms with Crippen molar-refractivity contribution in [3.05, 3.63) is 12.2 Å². The van der Waals surface area contributed by atoms with Crippen molar-refractivity contribution in [1.82, 2.24) is 24.5 Å². The molecule has 0 spiro atoms. The summed E-state index contributed by atoms with van der Waals surface area (Å²) < 4.78 is 5.62. The topological polar surface area (TPSA) is 76.6 Å². The predicted octanol–water partition coefficient (Wildman–Crippen LogP) is 16.4. The average molecular weight is 1030 g/mol. The molecule has 0 aromatic heterocycles. The number of hydrogen-bond donors (Lipinski definition) is 0. The molecule has 2 amide bonds. The highest BCUT2D eigenvalue weighted by Gasteiger charge is 2.26. The SMILES string of the molecule is CCCCCC/C=C\CC(=O)OCCCN(CCCCCCCCCCCCCC)CC(=O)N1CCN(C(=O)CN(CCCCCCCCC)CCN(CCCCCCCCC)CCCCCCCCC)CC1. The Morgan fingerprint density at radius 3 is 1.00 bits per heavy atom. The summed E-state index contributed by atoms with van der Waals surface area (Å²) in [6, 6.07) is 0. The van der Waals surface area contributed by atoms with Gasteiger partial charge in [-0.15, -0.1) is 0 Å². The fourth-order valence-electron chi connectivity index (χ4n) is 10.5. The molecule has 1 saturated heterocycles. The van der Waals surface area contributed by atoms with E-state index in [1.807, 2.05) is 15.9 Å². The van der Waals surface area contributed by atoms with Gasteiger partial charge in [-0.2, -0.15) is 0 Å². The normalized spacial score (nSPS) is 13.2. The molecule has 430 valence electrons. The number of carbonyl (C=O) groups excluding carboxylic acids is 3. The lowest BCUT2D eigenvalue weighted by molar-refractivity contribution is -0.143. The predicted molar refractivity (Wildman–Crippen MR) is 316 cm³/mol. The molecular weight excluding hydrogens is 903 g/mol. The highest BCUT2D eigenvalue weighted by atomic mass is 16.5. The third kappa shape index (κ3) is 43.8. The van der Waals surface area contributed by atoms with Gasteiger partial charge in [-0.1, -0.05) is 252 Å². The number of carbonyl (C=O) groups is 3. The molecule has 1 heterocycles. The molecule has 9 nitrogen and oxygen atoms in total. The molecule has 1 aliphatic rings. The summed E-state index contributed by atoms with van der Waals surface area (Å²) in [6.07, 6.45) is 54.6. The van der Waals surface area contributed by atoms with Gasteiger partial charge in [0.05, 0.1) is 26.1 Å². The summed E-state index contributed by atoms with van der Waals surface area (Å²) in [4.78, 5) is 52.0. The molecule has 0 aliphatic carbocycles. The van der Waals surface area contributed by atoms with Gasteiger partial charge in [0.15, 0.2) is 0 Å². The highest BCUT2D eigenvalue weighted by Crippen LogP contribution is 2.16. The molecule has 0 N–H and O–H groups in total. The lowest BCUT2D eigenvalue weighted by atomic mass is 10.1. The van der Waals surface area contributed by atoms with E-state index in [0.29, 0.717) is 52.3 Å². The number of amides is 2. The molecule has 9 heteroatoms. The molecule has 0 bridgehead atoms. The van der Waals surface area contributed by atoms with Crippen LogP contribution < -0.4 is 0 Å². The second kappa shape index (κ2) is 53.4. The van der Waals surface area contributed by atoms with Crippen LogP contribution in [0.4, 0.5) is 0 Å². The largest absolute Gasteiger partial charge is 0.465 e. The zero-order chi connectivity index (χ0) is 52.9. The lowest BCUT2D eigenvalue weighted by Crippen LogP contribution is -2.54. The maximum absolute atomic E-state index is 14.1. The second-order valence-electron chi connectivity index (χ2n) is 22.5. The van der Waals surface area contributed by atoms with Crippen molar-refractivity contribution in [3.63, 3.8) is 0 Å². The van der Waals surface area contributed by atoms with Crippen LogP contribution >= 0.6 is 0 Å². The first-order valence-electron chi connectivity index (χ1n) is 32.4. The Balaban J connectivity index is 2.80. The number of rotatable bonds is 55. The summed E-state index contributed by atoms with van der Waals surface area (Å²) >= 11 is 0. The molecule has 1 aliphatic heterocycles. The molecule has 0 aromatic carbocycles. The molecular formula is C64H125N5O4. The van der Waals surface area contributed by atoms with E-state index in [0.717, 1.165) is 58.4 Å². The average Bonchev–Trinajstić information content (AvgIpc) is 3.40. The maximum Gasteiger partial charge on any atom is 0.309 e. The Kier molecular flexibility index (Phi) is 50.5. The molecule has 73 heavy (non-hydrogen) atoms. The van der Waals surface area contributed by atoms with Gasteiger partial charge in [0.25, 0.3) is 0 Å². The highest BCUT2D eigenvalue weighted by molar-refractivity contribution is 5.80. The van der Waals surface area contributed by atoms with Crippen molar-refractivity contribution in [2.24, 2.45) is 0 Å². The maximum atomic E-state index is 14.1. The van der Waals surface area contributed by atoms with Crippen molar-refractivity contribution in [1.29, 1.82) is 0 Å². The minimum atomic E-state index is -0.165. The van der Waals surface area contributed by atoms with Crippen LogP contribution in [0.5, 0.6) is 0 Å². The van der Waals surface area contributed by atoms with Crippen molar-refractivity contribution in [2.45, 2.75) is 291 Å². The lowest BCUT2D eigenvalue weighted by Gasteiger charge is -2.37. The van der Waals surface area contributed by atoms with Crippen molar-refractivity contribution in [3.8, 4) is 0 Å². The fraction of sp³-hybridized carbons (Fsp3) is 0.922. The molecule has 1 rings (SSSR count). The van der Waals surface area contributed by atoms with Crippen molar-refractivity contribution in [2.75, 3.05) is 91.7 Å². The quantitative estimate of drug-likeness (QED) is 0.0341. The van der Waals surface area contributed by atoms with Crippen LogP contribution in [-0.2, 0) is 19.1 Å². The van der Waals surface area contributed by atoms with E-state index in [-0.39, 0.29) is 17.8 Å². The molecule has 0 saturated carbocycles. The van der Waals surface area contributed by atoms with Crippen molar-refractivity contribution < 1.29 is 19.1 Å². The van der Waals surface area contributed by atoms with Gasteiger partial charge < -0.3 is 19.4 Å². The summed E-state index contributed by atoms with van der Waals surface area (Å²) in [5.74, 6) is 0.224. The van der Waals surface area contributed by atoms with Crippen LogP contribution in [0.3, 0.4) is 0 Å². The van der Waals surface area contributed by atoms with Gasteiger partial charge in [0, 0.05) is 45.8 Å². The number of allylic oxidation sites excluding steroid dienone is 1. The van der Waals surface area contributed by atoms with Gasteiger partial charge in [0.1, 0.15) is 0 Å². The minimum Gasteiger partial charge on any atom is -0.465 e. The Hall–Kier alpha value is -1.97. The van der Waals surface area contributed by atoms with Crippen LogP contribution in [0.25, 0.3) is 0 Å². The van der Waals surface area contributed by atoms with E-state index in [2.05, 4.69) is 55.4 Å². The Bertz CT molecular complexity index is 1220. The van der Waals surface area contributed by atoms with Gasteiger partial charge in [-0.25, -0.2) is 0 Å². The first kappa shape index (κ1) is 69.0. The van der Waals surface area contributed by atoms with Crippen molar-refractivity contribution >= 4 is 17.8 Å². The van der Waals surface area contributed by atoms with E-state index in [9.17, 15) is 14.4 Å². The van der Waals surface area contributed by atoms with Gasteiger partial charge in [-0.3, -0.25) is 24.2 Å². The van der Waals surface area contributed by atoms with E-state index in [4.69, 9.17) is 4.74 Å². The molecule has 0 aromatic rings. The van der Waals surface area contributed by atoms with E-state index < -0.39 is 0 Å². The number of esters is 1. The van der Waals surface area contributed by atoms with Crippen LogP contribution in [0, 0.1) is 0 Å². The number of hydrogen-bond acceptors (Lipinski definition) is 7. The summed E-state index contributed by atoms with van der Waals surface area (Å²) in [5, 5.41) is 0. The number of ether oxygens (including phenoxy) is 1. The third-order valence-corrected chi connectivity index (χ3v) is 15.6. The first-order valence-corrected chi connectivity index (χ1v) is 32.4. The summed E-state index contributed by atoms with van der Waals surface area (Å²) in [6.45, 7) is 22.1. The zero-order valence-corrected chi connectivity index (χ0v) is 49.7. The van der Waals surface area contributed by atoms with E-state index >= 15 is 0 Å². The summed E-state index contributed by atoms with van der Waals surface area (Å²) in [7, 11) is 0. The summed E-state index contributed by atoms with van der Waals surface area (Å²) in [5.41, 5.74) is 0. The minimum absolute atomic E-state index is 0.162. The van der Waals surface area contributed by atoms with Gasteiger partial charge >= 0.3 is 5.97 Å². The van der Waals surface area contributed by atoms with Gasteiger partial charge in [0.2, 0.25) is 11.8 Å². The smallest absolute Gasteiger partial charge is 0.309 e. The van der Waals surface area contributed by atoms with E-state index in [1.54, 1.807) is 0 Å². The fourth-order valence-corrected chi connectivity index (χ4v) is 10.5. The van der Waals surface area contributed by atoms with Gasteiger partial charge in [-0.05, 0) is 71.1 Å². The van der Waals surface area contributed by atoms with E-state index in [1.165, 1.54) is 238 Å². The van der Waals surface area contributed by atoms with Crippen LogP contribution in [0.2, 0.25) is 0 Å².